The van der Waals surface area contributed by atoms with Gasteiger partial charge in [0.1, 0.15) is 5.75 Å². The Labute approximate surface area is 221 Å². The third-order valence-electron chi connectivity index (χ3n) is 6.36. The van der Waals surface area contributed by atoms with E-state index in [1.807, 2.05) is 38.1 Å². The first-order valence-corrected chi connectivity index (χ1v) is 14.7. The smallest absolute Gasteiger partial charge is 0.238 e. The molecular formula is C28H42N2O6S. The number of aryl methyl sites for hydroxylation is 1. The van der Waals surface area contributed by atoms with Gasteiger partial charge in [-0.2, -0.15) is 0 Å². The monoisotopic (exact) mass is 534 g/mol. The summed E-state index contributed by atoms with van der Waals surface area (Å²) in [7, 11) is -3.65. The molecule has 0 aromatic heterocycles. The second-order valence-corrected chi connectivity index (χ2v) is 11.6. The summed E-state index contributed by atoms with van der Waals surface area (Å²) in [5, 5.41) is 19.0. The van der Waals surface area contributed by atoms with Crippen LogP contribution in [0, 0.1) is 0 Å². The number of ether oxygens (including phenoxy) is 3. The lowest BCUT2D eigenvalue weighted by Crippen LogP contribution is -2.35. The Bertz CT molecular complexity index is 1090. The van der Waals surface area contributed by atoms with Crippen LogP contribution >= 0.6 is 0 Å². The molecule has 1 aliphatic heterocycles. The highest BCUT2D eigenvalue weighted by Crippen LogP contribution is 2.32. The molecule has 0 saturated carbocycles. The third kappa shape index (κ3) is 10.3. The van der Waals surface area contributed by atoms with Crippen LogP contribution in [0.2, 0.25) is 0 Å². The number of fused-ring (bicyclic) bond motifs is 1. The minimum atomic E-state index is -3.65. The van der Waals surface area contributed by atoms with Gasteiger partial charge in [0.25, 0.3) is 0 Å². The lowest BCUT2D eigenvalue weighted by atomic mass is 10.0. The number of aliphatic hydroxyl groups is 1. The number of rotatable bonds is 16. The minimum Gasteiger partial charge on any atom is -0.463 e. The van der Waals surface area contributed by atoms with E-state index >= 15 is 0 Å². The highest BCUT2D eigenvalue weighted by molar-refractivity contribution is 7.89. The SMILES string of the molecule is CC1(C)OCc2cc([C@H](O)CNCCCCCOCCCCCc3cccc(S(N)(=O)=O)c3)ccc2O1. The van der Waals surface area contributed by atoms with Crippen LogP contribution in [-0.2, 0) is 32.5 Å². The van der Waals surface area contributed by atoms with Gasteiger partial charge in [-0.15, -0.1) is 0 Å². The molecule has 9 heteroatoms. The van der Waals surface area contributed by atoms with Crippen LogP contribution in [0.15, 0.2) is 47.4 Å². The lowest BCUT2D eigenvalue weighted by molar-refractivity contribution is -0.180. The number of hydrogen-bond acceptors (Lipinski definition) is 7. The molecule has 37 heavy (non-hydrogen) atoms. The van der Waals surface area contributed by atoms with Gasteiger partial charge in [-0.3, -0.25) is 0 Å². The van der Waals surface area contributed by atoms with E-state index < -0.39 is 21.9 Å². The number of nitrogens with two attached hydrogens (primary N) is 1. The molecular weight excluding hydrogens is 492 g/mol. The molecule has 0 aliphatic carbocycles. The normalized spacial score (nSPS) is 15.7. The van der Waals surface area contributed by atoms with Gasteiger partial charge < -0.3 is 24.6 Å². The second-order valence-electron chi connectivity index (χ2n) is 10.1. The molecule has 4 N–H and O–H groups in total. The average molecular weight is 535 g/mol. The van der Waals surface area contributed by atoms with Gasteiger partial charge in [-0.05, 0) is 80.5 Å². The first-order chi connectivity index (χ1) is 17.6. The summed E-state index contributed by atoms with van der Waals surface area (Å²) in [6.45, 7) is 7.13. The number of nitrogens with one attached hydrogen (secondary N) is 1. The Morgan fingerprint density at radius 1 is 1.05 bits per heavy atom. The average Bonchev–Trinajstić information content (AvgIpc) is 2.85. The van der Waals surface area contributed by atoms with Crippen molar-refractivity contribution < 1.29 is 27.7 Å². The van der Waals surface area contributed by atoms with E-state index in [-0.39, 0.29) is 4.90 Å². The molecule has 0 unspecified atom stereocenters. The summed E-state index contributed by atoms with van der Waals surface area (Å²) in [4.78, 5) is 0.171. The zero-order valence-electron chi connectivity index (χ0n) is 22.1. The van der Waals surface area contributed by atoms with E-state index in [1.54, 1.807) is 12.1 Å². The summed E-state index contributed by atoms with van der Waals surface area (Å²) >= 11 is 0. The summed E-state index contributed by atoms with van der Waals surface area (Å²) in [5.41, 5.74) is 2.82. The van der Waals surface area contributed by atoms with E-state index in [9.17, 15) is 13.5 Å². The Kier molecular flexibility index (Phi) is 11.4. The number of benzene rings is 2. The van der Waals surface area contributed by atoms with Crippen LogP contribution in [0.3, 0.4) is 0 Å². The molecule has 0 bridgehead atoms. The van der Waals surface area contributed by atoms with Crippen molar-refractivity contribution in [2.24, 2.45) is 5.14 Å². The van der Waals surface area contributed by atoms with Crippen molar-refractivity contribution >= 4 is 10.0 Å². The fraction of sp³-hybridized carbons (Fsp3) is 0.571. The fourth-order valence-electron chi connectivity index (χ4n) is 4.24. The van der Waals surface area contributed by atoms with Crippen molar-refractivity contribution in [2.75, 3.05) is 26.3 Å². The van der Waals surface area contributed by atoms with E-state index in [1.165, 1.54) is 6.07 Å². The quantitative estimate of drug-likeness (QED) is 0.276. The van der Waals surface area contributed by atoms with Crippen molar-refractivity contribution in [1.82, 2.24) is 5.32 Å². The van der Waals surface area contributed by atoms with E-state index in [0.29, 0.717) is 13.2 Å². The molecule has 2 aromatic carbocycles. The van der Waals surface area contributed by atoms with Crippen LogP contribution in [0.25, 0.3) is 0 Å². The van der Waals surface area contributed by atoms with Crippen LogP contribution in [-0.4, -0.2) is 45.6 Å². The molecule has 0 saturated heterocycles. The number of primary sulfonamides is 1. The molecule has 206 valence electrons. The van der Waals surface area contributed by atoms with Crippen molar-refractivity contribution in [2.45, 2.75) is 82.2 Å². The third-order valence-corrected chi connectivity index (χ3v) is 7.27. The zero-order valence-corrected chi connectivity index (χ0v) is 22.9. The molecule has 0 amide bonds. The number of hydrogen-bond donors (Lipinski definition) is 3. The van der Waals surface area contributed by atoms with Crippen LogP contribution in [0.1, 0.15) is 75.2 Å². The van der Waals surface area contributed by atoms with Crippen molar-refractivity contribution in [1.29, 1.82) is 0 Å². The molecule has 1 atom stereocenters. The molecule has 0 spiro atoms. The van der Waals surface area contributed by atoms with Crippen molar-refractivity contribution in [3.63, 3.8) is 0 Å². The maximum Gasteiger partial charge on any atom is 0.238 e. The largest absolute Gasteiger partial charge is 0.463 e. The molecule has 3 rings (SSSR count). The Morgan fingerprint density at radius 2 is 1.81 bits per heavy atom. The minimum absolute atomic E-state index is 0.171. The van der Waals surface area contributed by atoms with E-state index in [4.69, 9.17) is 19.3 Å². The first kappa shape index (κ1) is 29.5. The molecule has 0 radical (unpaired) electrons. The molecule has 1 heterocycles. The summed E-state index contributed by atoms with van der Waals surface area (Å²) in [5.74, 6) is 0.199. The molecule has 0 fully saturated rings. The molecule has 1 aliphatic rings. The van der Waals surface area contributed by atoms with E-state index in [0.717, 1.165) is 87.1 Å². The number of aliphatic hydroxyl groups excluding tert-OH is 1. The maximum absolute atomic E-state index is 11.4. The van der Waals surface area contributed by atoms with Gasteiger partial charge >= 0.3 is 0 Å². The van der Waals surface area contributed by atoms with Crippen molar-refractivity contribution in [3.8, 4) is 5.75 Å². The maximum atomic E-state index is 11.4. The second kappa shape index (κ2) is 14.2. The van der Waals surface area contributed by atoms with Gasteiger partial charge in [0.2, 0.25) is 15.8 Å². The highest BCUT2D eigenvalue weighted by Gasteiger charge is 2.27. The summed E-state index contributed by atoms with van der Waals surface area (Å²) in [6.07, 6.45) is 6.41. The standard InChI is InChI=1S/C28H42N2O6S/c1-28(2)35-21-24-19-23(13-14-27(24)36-28)26(31)20-30-15-6-4-8-17-34-16-7-3-5-10-22-11-9-12-25(18-22)37(29,32)33/h9,11-14,18-19,26,30-31H,3-8,10,15-17,20-21H2,1-2H3,(H2,29,32,33)/t26-/m1/s1. The fourth-order valence-corrected chi connectivity index (χ4v) is 4.83. The van der Waals surface area contributed by atoms with Crippen LogP contribution in [0.5, 0.6) is 5.75 Å². The predicted octanol–water partition coefficient (Wildman–Crippen LogP) is 4.20. The van der Waals surface area contributed by atoms with Gasteiger partial charge in [0, 0.05) is 39.2 Å². The lowest BCUT2D eigenvalue weighted by Gasteiger charge is -2.33. The van der Waals surface area contributed by atoms with Gasteiger partial charge in [0.15, 0.2) is 0 Å². The van der Waals surface area contributed by atoms with Crippen LogP contribution in [0.4, 0.5) is 0 Å². The number of unbranched alkanes of at least 4 members (excludes halogenated alkanes) is 4. The zero-order chi connectivity index (χ0) is 26.7. The van der Waals surface area contributed by atoms with Crippen LogP contribution < -0.4 is 15.2 Å². The summed E-state index contributed by atoms with van der Waals surface area (Å²) < 4.78 is 40.1. The van der Waals surface area contributed by atoms with Crippen molar-refractivity contribution in [3.05, 3.63) is 59.2 Å². The van der Waals surface area contributed by atoms with Gasteiger partial charge in [-0.25, -0.2) is 13.6 Å². The number of sulfonamides is 1. The molecule has 8 nitrogen and oxygen atoms in total. The first-order valence-electron chi connectivity index (χ1n) is 13.2. The summed E-state index contributed by atoms with van der Waals surface area (Å²) in [6, 6.07) is 12.6. The Morgan fingerprint density at radius 3 is 2.57 bits per heavy atom. The Hall–Kier alpha value is -2.01. The molecule has 2 aromatic rings. The van der Waals surface area contributed by atoms with Gasteiger partial charge in [0.05, 0.1) is 17.6 Å². The van der Waals surface area contributed by atoms with E-state index in [2.05, 4.69) is 5.32 Å². The Balaban J connectivity index is 1.16. The topological polar surface area (TPSA) is 120 Å². The van der Waals surface area contributed by atoms with Gasteiger partial charge in [-0.1, -0.05) is 24.6 Å². The predicted molar refractivity (Wildman–Crippen MR) is 144 cm³/mol. The highest BCUT2D eigenvalue weighted by atomic mass is 32.2.